The van der Waals surface area contributed by atoms with Gasteiger partial charge in [-0.15, -0.1) is 52.7 Å². The zero-order valence-corrected chi connectivity index (χ0v) is 51.2. The fourth-order valence-electron chi connectivity index (χ4n) is 6.16. The second kappa shape index (κ2) is 34.4. The maximum atomic E-state index is 13.4. The number of carbonyl (C=O) groups is 3. The molecule has 0 aliphatic rings. The molecule has 4 aromatic carbocycles. The number of pyridine rings is 3. The zero-order chi connectivity index (χ0) is 72.9. The molecule has 0 saturated heterocycles. The molecule has 0 atom stereocenters. The van der Waals surface area contributed by atoms with E-state index in [2.05, 4.69) is 54.1 Å². The SMILES string of the molecule is COC(=O)c1cncc(CS(=O)(=O)c2cc(F)ccc2OC(F)(F)F)c1.COC(=O)c1cncc(N)c1.Fc1ccc(OC(F)(F)F)cc1.NC(=O)c1cncc(CS(=O)(=O)c2cc(F)ccc2OC(F)(F)F)c1.O=S(=O)(Cl)c1cc(F)ccc1OC(F)(F)F.O=S(=O)(O)Cl. The Morgan fingerprint density at radius 3 is 1.08 bits per heavy atom. The molecule has 0 unspecified atom stereocenters. The van der Waals surface area contributed by atoms with Crippen LogP contribution in [0.2, 0.25) is 0 Å². The van der Waals surface area contributed by atoms with Crippen molar-refractivity contribution in [1.29, 1.82) is 0 Å². The van der Waals surface area contributed by atoms with E-state index in [1.807, 2.05) is 0 Å². The number of esters is 2. The first-order chi connectivity index (χ1) is 43.3. The van der Waals surface area contributed by atoms with Gasteiger partial charge in [0.2, 0.25) is 5.91 Å². The monoisotopic (exact) mass is 1500 g/mol. The number of hydrogen-bond donors (Lipinski definition) is 3. The van der Waals surface area contributed by atoms with E-state index in [1.54, 1.807) is 0 Å². The molecule has 3 aromatic heterocycles. The summed E-state index contributed by atoms with van der Waals surface area (Å²) in [6.07, 6.45) is -12.8. The van der Waals surface area contributed by atoms with E-state index in [9.17, 15) is 110 Å². The molecule has 0 bridgehead atoms. The Morgan fingerprint density at radius 2 is 0.758 bits per heavy atom. The Bertz CT molecular complexity index is 4270. The summed E-state index contributed by atoms with van der Waals surface area (Å²) in [5, 5.41) is 0. The van der Waals surface area contributed by atoms with Crippen LogP contribution in [-0.4, -0.2) is 111 Å². The number of nitrogens with zero attached hydrogens (tertiary/aromatic N) is 3. The third kappa shape index (κ3) is 32.6. The van der Waals surface area contributed by atoms with Gasteiger partial charge in [0.1, 0.15) is 61.0 Å². The van der Waals surface area contributed by atoms with Crippen molar-refractivity contribution in [2.75, 3.05) is 20.0 Å². The number of anilines is 1. The highest BCUT2D eigenvalue weighted by molar-refractivity contribution is 8.13. The highest BCUT2D eigenvalue weighted by Crippen LogP contribution is 2.35. The maximum absolute atomic E-state index is 13.4. The van der Waals surface area contributed by atoms with Gasteiger partial charge in [-0.05, 0) is 108 Å². The molecule has 1 amide bonds. The maximum Gasteiger partial charge on any atom is 0.573 e. The number of nitrogens with two attached hydrogens (primary N) is 2. The number of nitrogen functional groups attached to an aromatic ring is 1. The molecule has 0 saturated carbocycles. The zero-order valence-electron chi connectivity index (χ0n) is 46.4. The van der Waals surface area contributed by atoms with E-state index in [0.29, 0.717) is 65.8 Å². The number of amides is 1. The lowest BCUT2D eigenvalue weighted by molar-refractivity contribution is -0.276. The van der Waals surface area contributed by atoms with Crippen molar-refractivity contribution in [3.05, 3.63) is 185 Å². The fourth-order valence-corrected chi connectivity index (χ4v) is 10.1. The van der Waals surface area contributed by atoms with Crippen LogP contribution in [0.3, 0.4) is 0 Å². The Morgan fingerprint density at radius 1 is 0.453 bits per heavy atom. The molecule has 0 radical (unpaired) electrons. The van der Waals surface area contributed by atoms with Gasteiger partial charge in [0.15, 0.2) is 19.7 Å². The summed E-state index contributed by atoms with van der Waals surface area (Å²) in [4.78, 5) is 41.4. The molecule has 7 rings (SSSR count). The van der Waals surface area contributed by atoms with E-state index < -0.39 is 154 Å². The first kappa shape index (κ1) is 82.1. The summed E-state index contributed by atoms with van der Waals surface area (Å²) in [7, 11) is -6.30. The van der Waals surface area contributed by atoms with Crippen LogP contribution in [0.25, 0.3) is 0 Å². The number of primary amides is 1. The lowest BCUT2D eigenvalue weighted by atomic mass is 10.2. The summed E-state index contributed by atoms with van der Waals surface area (Å²) in [6.45, 7) is 0. The number of hydrogen-bond acceptors (Lipinski definition) is 21. The van der Waals surface area contributed by atoms with Crippen molar-refractivity contribution in [1.82, 2.24) is 15.0 Å². The second-order valence-electron chi connectivity index (χ2n) is 16.8. The summed E-state index contributed by atoms with van der Waals surface area (Å²) in [6, 6.07) is 12.1. The quantitative estimate of drug-likeness (QED) is 0.0394. The number of aromatic nitrogens is 3. The molecule has 45 heteroatoms. The Kier molecular flexibility index (Phi) is 29.7. The minimum absolute atomic E-state index is 0.00452. The number of benzene rings is 4. The average molecular weight is 1500 g/mol. The Labute approximate surface area is 532 Å². The second-order valence-corrected chi connectivity index (χ2v) is 25.2. The van der Waals surface area contributed by atoms with Crippen molar-refractivity contribution in [2.24, 2.45) is 5.73 Å². The van der Waals surface area contributed by atoms with E-state index in [0.717, 1.165) is 68.3 Å². The summed E-state index contributed by atoms with van der Waals surface area (Å²) >= 11 is 0. The number of rotatable bonds is 14. The number of sulfone groups is 2. The molecular weight excluding hydrogens is 1460 g/mol. The minimum atomic E-state index is -5.16. The van der Waals surface area contributed by atoms with E-state index in [-0.39, 0.29) is 22.3 Å². The van der Waals surface area contributed by atoms with Gasteiger partial charge in [0.25, 0.3) is 9.05 Å². The van der Waals surface area contributed by atoms with Crippen molar-refractivity contribution in [3.63, 3.8) is 0 Å². The normalized spacial score (nSPS) is 11.6. The molecule has 0 fully saturated rings. The van der Waals surface area contributed by atoms with Crippen LogP contribution in [0.1, 0.15) is 42.2 Å². The summed E-state index contributed by atoms with van der Waals surface area (Å²) in [5.74, 6) is -11.1. The molecule has 0 spiro atoms. The standard InChI is InChI=1S/C15H11F4NO5S.C14H10F4N2O4S.C7H3ClF4O3S.C7H4F4O.C7H8N2O2.ClHO3S/c1-24-14(21)10-4-9(6-20-7-10)8-26(22,23)13-5-11(16)2-3-12(13)25-15(17,18)19;15-10-1-2-11(24-14(16,17)18)12(4-10)25(22,23)7-8-3-9(13(19)21)6-20-5-8;8-16(13,14)6-3-4(9)1-2-5(6)15-7(10,11)12;8-5-1-3-6(4-2-5)12-7(9,10)11;1-11-7(10)5-2-6(8)4-9-3-5;1-5(2,3)4/h2-7H,8H2,1H3;1-6H,7H2,(H2,19,21);1-3H;1-4H;2-4H,8H2,1H3;(H,2,3,4). The molecule has 0 aliphatic heterocycles. The number of carbonyl (C=O) groups excluding carboxylic acids is 3. The van der Waals surface area contributed by atoms with Crippen LogP contribution in [-0.2, 0) is 59.0 Å². The predicted molar refractivity (Wildman–Crippen MR) is 293 cm³/mol. The minimum Gasteiger partial charge on any atom is -0.465 e. The molecule has 3 heterocycles. The van der Waals surface area contributed by atoms with E-state index >= 15 is 0 Å². The topological polar surface area (TPSA) is 354 Å². The van der Waals surface area contributed by atoms with Crippen LogP contribution in [0.5, 0.6) is 23.0 Å². The molecule has 0 aliphatic carbocycles. The van der Waals surface area contributed by atoms with E-state index in [4.69, 9.17) is 35.1 Å². The summed E-state index contributed by atoms with van der Waals surface area (Å²) < 4.78 is 316. The van der Waals surface area contributed by atoms with Gasteiger partial charge in [-0.2, -0.15) is 8.42 Å². The van der Waals surface area contributed by atoms with Crippen LogP contribution in [0.15, 0.2) is 149 Å². The van der Waals surface area contributed by atoms with Crippen molar-refractivity contribution in [2.45, 2.75) is 51.6 Å². The summed E-state index contributed by atoms with van der Waals surface area (Å²) in [5.41, 5.74) is 11.1. The van der Waals surface area contributed by atoms with Gasteiger partial charge in [0.05, 0.1) is 48.1 Å². The van der Waals surface area contributed by atoms with Crippen molar-refractivity contribution < 1.29 is 151 Å². The largest absolute Gasteiger partial charge is 0.573 e. The number of ether oxygens (including phenoxy) is 6. The molecule has 95 heavy (non-hydrogen) atoms. The molecule has 520 valence electrons. The van der Waals surface area contributed by atoms with Crippen LogP contribution in [0.4, 0.5) is 75.9 Å². The van der Waals surface area contributed by atoms with Gasteiger partial charge in [-0.1, -0.05) is 0 Å². The lowest BCUT2D eigenvalue weighted by Gasteiger charge is -2.14. The lowest BCUT2D eigenvalue weighted by Crippen LogP contribution is -2.19. The van der Waals surface area contributed by atoms with Crippen LogP contribution >= 0.6 is 21.4 Å². The van der Waals surface area contributed by atoms with Gasteiger partial charge >= 0.3 is 46.7 Å². The van der Waals surface area contributed by atoms with Crippen molar-refractivity contribution >= 4 is 83.0 Å². The van der Waals surface area contributed by atoms with Gasteiger partial charge in [0, 0.05) is 58.5 Å². The molecule has 23 nitrogen and oxygen atoms in total. The molecule has 5 N–H and O–H groups in total. The van der Waals surface area contributed by atoms with Crippen LogP contribution < -0.4 is 30.4 Å². The predicted octanol–water partition coefficient (Wildman–Crippen LogP) is 10.9. The van der Waals surface area contributed by atoms with Crippen LogP contribution in [0, 0.1) is 23.3 Å². The number of alkyl halides is 12. The van der Waals surface area contributed by atoms with Gasteiger partial charge < -0.3 is 39.9 Å². The third-order valence-electron chi connectivity index (χ3n) is 9.56. The fraction of sp³-hybridized carbons (Fsp3) is 0.160. The highest BCUT2D eigenvalue weighted by Gasteiger charge is 2.37. The van der Waals surface area contributed by atoms with E-state index in [1.165, 1.54) is 25.6 Å². The Balaban J connectivity index is 0.000000411. The Hall–Kier alpha value is -9.04. The van der Waals surface area contributed by atoms with Gasteiger partial charge in [-0.25, -0.2) is 52.4 Å². The number of methoxy groups -OCH3 is 2. The first-order valence-electron chi connectivity index (χ1n) is 23.6. The average Bonchev–Trinajstić information content (AvgIpc) is 0.810. The molecular formula is C50H37Cl2F16N5O18S4. The highest BCUT2D eigenvalue weighted by atomic mass is 35.7. The number of halogens is 18. The van der Waals surface area contributed by atoms with Gasteiger partial charge in [-0.3, -0.25) is 24.3 Å². The van der Waals surface area contributed by atoms with Crippen molar-refractivity contribution in [3.8, 4) is 23.0 Å². The smallest absolute Gasteiger partial charge is 0.465 e. The third-order valence-corrected chi connectivity index (χ3v) is 14.3. The molecule has 7 aromatic rings. The first-order valence-corrected chi connectivity index (χ1v) is 31.5.